The third kappa shape index (κ3) is 4.38. The lowest BCUT2D eigenvalue weighted by atomic mass is 10.1. The molecule has 1 saturated heterocycles. The van der Waals surface area contributed by atoms with Crippen molar-refractivity contribution in [3.05, 3.63) is 47.9 Å². The number of para-hydroxylation sites is 1. The number of alkyl halides is 3. The van der Waals surface area contributed by atoms with Crippen molar-refractivity contribution < 1.29 is 22.8 Å². The Morgan fingerprint density at radius 2 is 1.75 bits per heavy atom. The molecule has 0 spiro atoms. The van der Waals surface area contributed by atoms with Gasteiger partial charge in [0.25, 0.3) is 5.91 Å². The number of hydrogen-bond acceptors (Lipinski definition) is 5. The molecule has 1 aromatic heterocycles. The maximum Gasteiger partial charge on any atom is 0.418 e. The fraction of sp³-hybridized carbons (Fsp3) is 0.333. The second-order valence-electron chi connectivity index (χ2n) is 6.25. The lowest BCUT2D eigenvalue weighted by molar-refractivity contribution is -0.137. The van der Waals surface area contributed by atoms with E-state index in [1.807, 2.05) is 4.90 Å². The predicted octanol–water partition coefficient (Wildman–Crippen LogP) is 2.42. The summed E-state index contributed by atoms with van der Waals surface area (Å²) in [7, 11) is 0. The van der Waals surface area contributed by atoms with Crippen LogP contribution in [0, 0.1) is 0 Å². The van der Waals surface area contributed by atoms with Gasteiger partial charge in [-0.05, 0) is 12.1 Å². The monoisotopic (exact) mass is 393 g/mol. The Bertz CT molecular complexity index is 880. The Morgan fingerprint density at radius 3 is 2.39 bits per heavy atom. The van der Waals surface area contributed by atoms with E-state index in [1.54, 1.807) is 4.90 Å². The zero-order valence-corrected chi connectivity index (χ0v) is 15.0. The average Bonchev–Trinajstić information content (AvgIpc) is 2.68. The molecule has 1 aromatic carbocycles. The maximum absolute atomic E-state index is 13.1. The number of anilines is 2. The number of carbonyl (C=O) groups excluding carboxylic acids is 2. The van der Waals surface area contributed by atoms with E-state index in [0.717, 1.165) is 6.07 Å². The minimum atomic E-state index is -4.59. The Hall–Kier alpha value is -3.17. The molecule has 148 valence electrons. The molecule has 1 N–H and O–H groups in total. The highest BCUT2D eigenvalue weighted by Gasteiger charge is 2.33. The Labute approximate surface area is 159 Å². The van der Waals surface area contributed by atoms with Crippen LogP contribution < -0.4 is 10.2 Å². The van der Waals surface area contributed by atoms with Crippen molar-refractivity contribution >= 4 is 23.3 Å². The van der Waals surface area contributed by atoms with Gasteiger partial charge in [0.1, 0.15) is 17.8 Å². The fourth-order valence-corrected chi connectivity index (χ4v) is 2.92. The fourth-order valence-electron chi connectivity index (χ4n) is 2.92. The summed E-state index contributed by atoms with van der Waals surface area (Å²) in [5.41, 5.74) is -1.32. The molecule has 0 unspecified atom stereocenters. The number of rotatable bonds is 3. The minimum absolute atomic E-state index is 0.00858. The molecule has 2 amide bonds. The number of nitrogens with one attached hydrogen (secondary N) is 1. The Kier molecular flexibility index (Phi) is 5.48. The third-order valence-corrected chi connectivity index (χ3v) is 4.41. The molecule has 28 heavy (non-hydrogen) atoms. The van der Waals surface area contributed by atoms with E-state index >= 15 is 0 Å². The standard InChI is InChI=1S/C18H18F3N5O2/c1-12(27)25-6-8-26(9-7-25)16-10-15(22-11-23-16)17(28)24-14-5-3-2-4-13(14)18(19,20)21/h2-5,10-11H,6-9H2,1H3,(H,24,28). The molecule has 0 saturated carbocycles. The largest absolute Gasteiger partial charge is 0.418 e. The van der Waals surface area contributed by atoms with Gasteiger partial charge >= 0.3 is 6.18 Å². The van der Waals surface area contributed by atoms with Crippen LogP contribution in [0.2, 0.25) is 0 Å². The summed E-state index contributed by atoms with van der Waals surface area (Å²) >= 11 is 0. The van der Waals surface area contributed by atoms with Crippen LogP contribution in [0.5, 0.6) is 0 Å². The highest BCUT2D eigenvalue weighted by molar-refractivity contribution is 6.03. The van der Waals surface area contributed by atoms with Gasteiger partial charge in [-0.15, -0.1) is 0 Å². The Morgan fingerprint density at radius 1 is 1.07 bits per heavy atom. The lowest BCUT2D eigenvalue weighted by Crippen LogP contribution is -2.48. The summed E-state index contributed by atoms with van der Waals surface area (Å²) in [5.74, 6) is -0.291. The molecule has 0 radical (unpaired) electrons. The third-order valence-electron chi connectivity index (χ3n) is 4.41. The van der Waals surface area contributed by atoms with Gasteiger partial charge in [0, 0.05) is 39.2 Å². The summed E-state index contributed by atoms with van der Waals surface area (Å²) in [6.45, 7) is 3.63. The number of carbonyl (C=O) groups is 2. The number of amides is 2. The first-order valence-electron chi connectivity index (χ1n) is 8.56. The summed E-state index contributed by atoms with van der Waals surface area (Å²) in [6, 6.07) is 6.17. The van der Waals surface area contributed by atoms with E-state index in [-0.39, 0.29) is 17.3 Å². The summed E-state index contributed by atoms with van der Waals surface area (Å²) in [4.78, 5) is 35.4. The number of benzene rings is 1. The molecule has 10 heteroatoms. The van der Waals surface area contributed by atoms with Crippen molar-refractivity contribution in [2.24, 2.45) is 0 Å². The van der Waals surface area contributed by atoms with Crippen LogP contribution in [-0.2, 0) is 11.0 Å². The molecular weight excluding hydrogens is 375 g/mol. The van der Waals surface area contributed by atoms with Crippen LogP contribution in [0.3, 0.4) is 0 Å². The number of piperazine rings is 1. The van der Waals surface area contributed by atoms with Crippen LogP contribution in [0.1, 0.15) is 23.0 Å². The van der Waals surface area contributed by atoms with E-state index < -0.39 is 17.6 Å². The van der Waals surface area contributed by atoms with Gasteiger partial charge in [0.2, 0.25) is 5.91 Å². The van der Waals surface area contributed by atoms with Gasteiger partial charge in [-0.2, -0.15) is 13.2 Å². The molecule has 1 aliphatic rings. The molecular formula is C18H18F3N5O2. The lowest BCUT2D eigenvalue weighted by Gasteiger charge is -2.34. The molecule has 0 bridgehead atoms. The molecule has 7 nitrogen and oxygen atoms in total. The summed E-state index contributed by atoms with van der Waals surface area (Å²) in [6.07, 6.45) is -3.39. The SMILES string of the molecule is CC(=O)N1CCN(c2cc(C(=O)Nc3ccccc3C(F)(F)F)ncn2)CC1. The maximum atomic E-state index is 13.1. The normalized spacial score (nSPS) is 14.7. The summed E-state index contributed by atoms with van der Waals surface area (Å²) in [5, 5.41) is 2.26. The van der Waals surface area contributed by atoms with Crippen molar-refractivity contribution in [3.63, 3.8) is 0 Å². The molecule has 2 aromatic rings. The van der Waals surface area contributed by atoms with Crippen molar-refractivity contribution in [2.75, 3.05) is 36.4 Å². The van der Waals surface area contributed by atoms with Crippen molar-refractivity contribution in [3.8, 4) is 0 Å². The van der Waals surface area contributed by atoms with Crippen LogP contribution in [0.15, 0.2) is 36.7 Å². The average molecular weight is 393 g/mol. The zero-order valence-electron chi connectivity index (χ0n) is 15.0. The number of aromatic nitrogens is 2. The summed E-state index contributed by atoms with van der Waals surface area (Å²) < 4.78 is 39.3. The first-order chi connectivity index (χ1) is 13.3. The van der Waals surface area contributed by atoms with E-state index in [9.17, 15) is 22.8 Å². The topological polar surface area (TPSA) is 78.4 Å². The second kappa shape index (κ2) is 7.83. The van der Waals surface area contributed by atoms with Gasteiger partial charge in [-0.25, -0.2) is 9.97 Å². The van der Waals surface area contributed by atoms with Crippen molar-refractivity contribution in [2.45, 2.75) is 13.1 Å². The minimum Gasteiger partial charge on any atom is -0.353 e. The molecule has 3 rings (SSSR count). The molecule has 0 aliphatic carbocycles. The van der Waals surface area contributed by atoms with Gasteiger partial charge in [-0.1, -0.05) is 12.1 Å². The van der Waals surface area contributed by atoms with Crippen molar-refractivity contribution in [1.82, 2.24) is 14.9 Å². The molecule has 1 aliphatic heterocycles. The Balaban J connectivity index is 1.75. The van der Waals surface area contributed by atoms with Crippen LogP contribution in [0.4, 0.5) is 24.7 Å². The van der Waals surface area contributed by atoms with Crippen LogP contribution >= 0.6 is 0 Å². The second-order valence-corrected chi connectivity index (χ2v) is 6.25. The zero-order chi connectivity index (χ0) is 20.3. The van der Waals surface area contributed by atoms with Crippen LogP contribution in [-0.4, -0.2) is 52.9 Å². The molecule has 2 heterocycles. The number of halogens is 3. The number of nitrogens with zero attached hydrogens (tertiary/aromatic N) is 4. The van der Waals surface area contributed by atoms with E-state index in [2.05, 4.69) is 15.3 Å². The highest BCUT2D eigenvalue weighted by Crippen LogP contribution is 2.34. The van der Waals surface area contributed by atoms with Gasteiger partial charge in [0.05, 0.1) is 11.3 Å². The molecule has 0 atom stereocenters. The van der Waals surface area contributed by atoms with Gasteiger partial charge in [-0.3, -0.25) is 9.59 Å². The van der Waals surface area contributed by atoms with E-state index in [0.29, 0.717) is 32.0 Å². The highest BCUT2D eigenvalue weighted by atomic mass is 19.4. The predicted molar refractivity (Wildman–Crippen MR) is 95.9 cm³/mol. The first-order valence-corrected chi connectivity index (χ1v) is 8.56. The van der Waals surface area contributed by atoms with Crippen molar-refractivity contribution in [1.29, 1.82) is 0 Å². The van der Waals surface area contributed by atoms with Gasteiger partial charge < -0.3 is 15.1 Å². The first kappa shape index (κ1) is 19.6. The smallest absolute Gasteiger partial charge is 0.353 e. The molecule has 1 fully saturated rings. The van der Waals surface area contributed by atoms with Gasteiger partial charge in [0.15, 0.2) is 0 Å². The van der Waals surface area contributed by atoms with E-state index in [1.165, 1.54) is 37.5 Å². The van der Waals surface area contributed by atoms with E-state index in [4.69, 9.17) is 0 Å². The quantitative estimate of drug-likeness (QED) is 0.867. The number of hydrogen-bond donors (Lipinski definition) is 1. The van der Waals surface area contributed by atoms with Crippen LogP contribution in [0.25, 0.3) is 0 Å².